The first-order valence-electron chi connectivity index (χ1n) is 7.99. The molecule has 1 aliphatic heterocycles. The maximum atomic E-state index is 13.2. The summed E-state index contributed by atoms with van der Waals surface area (Å²) < 4.78 is 13.2. The first kappa shape index (κ1) is 14.5. The molecule has 0 bridgehead atoms. The average molecular weight is 290 g/mol. The third kappa shape index (κ3) is 3.62. The summed E-state index contributed by atoms with van der Waals surface area (Å²) in [5.41, 5.74) is 1.10. The minimum atomic E-state index is -0.153. The lowest BCUT2D eigenvalue weighted by molar-refractivity contribution is -0.130. The van der Waals surface area contributed by atoms with Crippen molar-refractivity contribution in [3.63, 3.8) is 0 Å². The molecule has 0 atom stereocenters. The van der Waals surface area contributed by atoms with E-state index in [1.54, 1.807) is 12.1 Å². The number of halogens is 1. The Labute approximate surface area is 125 Å². The van der Waals surface area contributed by atoms with Crippen LogP contribution in [0.25, 0.3) is 0 Å². The quantitative estimate of drug-likeness (QED) is 0.904. The lowest BCUT2D eigenvalue weighted by atomic mass is 9.76. The summed E-state index contributed by atoms with van der Waals surface area (Å²) >= 11 is 0. The first-order valence-corrected chi connectivity index (χ1v) is 7.99. The van der Waals surface area contributed by atoms with Gasteiger partial charge >= 0.3 is 0 Å². The van der Waals surface area contributed by atoms with Gasteiger partial charge in [-0.1, -0.05) is 12.1 Å². The molecule has 4 heteroatoms. The minimum Gasteiger partial charge on any atom is -0.343 e. The zero-order valence-corrected chi connectivity index (χ0v) is 12.4. The Balaban J connectivity index is 1.34. The van der Waals surface area contributed by atoms with Gasteiger partial charge in [-0.05, 0) is 49.3 Å². The van der Waals surface area contributed by atoms with Crippen molar-refractivity contribution in [2.24, 2.45) is 0 Å². The molecule has 1 aromatic rings. The third-order valence-electron chi connectivity index (χ3n) is 4.69. The number of hydrogen-bond acceptors (Lipinski definition) is 2. The lowest BCUT2D eigenvalue weighted by Crippen LogP contribution is -2.41. The monoisotopic (exact) mass is 290 g/mol. The van der Waals surface area contributed by atoms with E-state index in [0.29, 0.717) is 18.4 Å². The molecule has 0 radical (unpaired) electrons. The fourth-order valence-electron chi connectivity index (χ4n) is 3.33. The van der Waals surface area contributed by atoms with Crippen molar-refractivity contribution in [2.75, 3.05) is 19.6 Å². The summed E-state index contributed by atoms with van der Waals surface area (Å²) in [6, 6.07) is 7.38. The Morgan fingerprint density at radius 2 is 2.05 bits per heavy atom. The average Bonchev–Trinajstić information content (AvgIpc) is 2.95. The van der Waals surface area contributed by atoms with Crippen LogP contribution in [-0.2, 0) is 4.79 Å². The molecule has 3 nitrogen and oxygen atoms in total. The third-order valence-corrected chi connectivity index (χ3v) is 4.69. The summed E-state index contributed by atoms with van der Waals surface area (Å²) in [6.07, 6.45) is 4.98. The van der Waals surface area contributed by atoms with Gasteiger partial charge in [0.05, 0.1) is 0 Å². The largest absolute Gasteiger partial charge is 0.343 e. The van der Waals surface area contributed by atoms with Gasteiger partial charge in [-0.25, -0.2) is 4.39 Å². The standard InChI is InChI=1S/C17H23FN2O/c18-15-5-3-4-13(10-15)14-11-16(12-14)19-7-6-17(21)20-8-1-2-9-20/h3-5,10,14,16,19H,1-2,6-9,11-12H2. The summed E-state index contributed by atoms with van der Waals surface area (Å²) in [4.78, 5) is 13.9. The van der Waals surface area contributed by atoms with Crippen LogP contribution in [0.4, 0.5) is 4.39 Å². The van der Waals surface area contributed by atoms with E-state index in [0.717, 1.165) is 50.9 Å². The van der Waals surface area contributed by atoms with E-state index in [2.05, 4.69) is 5.32 Å². The van der Waals surface area contributed by atoms with Crippen LogP contribution >= 0.6 is 0 Å². The molecule has 1 aromatic carbocycles. The van der Waals surface area contributed by atoms with Gasteiger partial charge in [0, 0.05) is 32.1 Å². The summed E-state index contributed by atoms with van der Waals surface area (Å²) in [5.74, 6) is 0.591. The molecule has 3 rings (SSSR count). The van der Waals surface area contributed by atoms with Crippen LogP contribution in [0.3, 0.4) is 0 Å². The van der Waals surface area contributed by atoms with Gasteiger partial charge in [0.25, 0.3) is 0 Å². The van der Waals surface area contributed by atoms with Crippen LogP contribution in [0.2, 0.25) is 0 Å². The molecule has 1 aliphatic carbocycles. The zero-order valence-electron chi connectivity index (χ0n) is 12.4. The fraction of sp³-hybridized carbons (Fsp3) is 0.588. The summed E-state index contributed by atoms with van der Waals surface area (Å²) in [7, 11) is 0. The Kier molecular flexibility index (Phi) is 4.54. The van der Waals surface area contributed by atoms with Crippen molar-refractivity contribution in [1.29, 1.82) is 0 Å². The smallest absolute Gasteiger partial charge is 0.223 e. The second kappa shape index (κ2) is 6.56. The van der Waals surface area contributed by atoms with E-state index in [9.17, 15) is 9.18 Å². The maximum absolute atomic E-state index is 13.2. The molecule has 2 fully saturated rings. The number of carbonyl (C=O) groups excluding carboxylic acids is 1. The molecular weight excluding hydrogens is 267 g/mol. The maximum Gasteiger partial charge on any atom is 0.223 e. The Hall–Kier alpha value is -1.42. The molecule has 1 saturated heterocycles. The number of nitrogens with one attached hydrogen (secondary N) is 1. The molecule has 1 N–H and O–H groups in total. The van der Waals surface area contributed by atoms with Crippen LogP contribution < -0.4 is 5.32 Å². The van der Waals surface area contributed by atoms with Gasteiger partial charge < -0.3 is 10.2 Å². The van der Waals surface area contributed by atoms with E-state index >= 15 is 0 Å². The summed E-state index contributed by atoms with van der Waals surface area (Å²) in [6.45, 7) is 2.63. The number of amides is 1. The molecule has 1 amide bonds. The highest BCUT2D eigenvalue weighted by Gasteiger charge is 2.30. The summed E-state index contributed by atoms with van der Waals surface area (Å²) in [5, 5.41) is 3.45. The van der Waals surface area contributed by atoms with Crippen LogP contribution in [-0.4, -0.2) is 36.5 Å². The van der Waals surface area contributed by atoms with E-state index in [1.807, 2.05) is 11.0 Å². The number of hydrogen-bond donors (Lipinski definition) is 1. The molecule has 114 valence electrons. The molecule has 1 heterocycles. The molecule has 21 heavy (non-hydrogen) atoms. The van der Waals surface area contributed by atoms with Crippen LogP contribution in [0, 0.1) is 5.82 Å². The van der Waals surface area contributed by atoms with Gasteiger partial charge in [0.15, 0.2) is 0 Å². The highest BCUT2D eigenvalue weighted by Crippen LogP contribution is 2.36. The number of benzene rings is 1. The van der Waals surface area contributed by atoms with Crippen LogP contribution in [0.1, 0.15) is 43.6 Å². The second-order valence-corrected chi connectivity index (χ2v) is 6.21. The highest BCUT2D eigenvalue weighted by atomic mass is 19.1. The normalized spacial score (nSPS) is 24.9. The predicted molar refractivity (Wildman–Crippen MR) is 80.6 cm³/mol. The molecular formula is C17H23FN2O. The predicted octanol–water partition coefficient (Wildman–Crippen LogP) is 2.67. The van der Waals surface area contributed by atoms with Gasteiger partial charge in [0.1, 0.15) is 5.82 Å². The van der Waals surface area contributed by atoms with Crippen LogP contribution in [0.15, 0.2) is 24.3 Å². The van der Waals surface area contributed by atoms with Gasteiger partial charge in [-0.2, -0.15) is 0 Å². The van der Waals surface area contributed by atoms with Crippen molar-refractivity contribution in [3.05, 3.63) is 35.6 Å². The van der Waals surface area contributed by atoms with E-state index in [1.165, 1.54) is 6.07 Å². The van der Waals surface area contributed by atoms with Crippen LogP contribution in [0.5, 0.6) is 0 Å². The van der Waals surface area contributed by atoms with Crippen molar-refractivity contribution in [1.82, 2.24) is 10.2 Å². The fourth-order valence-corrected chi connectivity index (χ4v) is 3.33. The van der Waals surface area contributed by atoms with Crippen molar-refractivity contribution in [3.8, 4) is 0 Å². The molecule has 0 spiro atoms. The van der Waals surface area contributed by atoms with Crippen molar-refractivity contribution in [2.45, 2.75) is 44.1 Å². The van der Waals surface area contributed by atoms with E-state index in [4.69, 9.17) is 0 Å². The minimum absolute atomic E-state index is 0.153. The molecule has 2 aliphatic rings. The Bertz CT molecular complexity index is 493. The van der Waals surface area contributed by atoms with Gasteiger partial charge in [-0.3, -0.25) is 4.79 Å². The van der Waals surface area contributed by atoms with E-state index < -0.39 is 0 Å². The molecule has 0 aromatic heterocycles. The first-order chi connectivity index (χ1) is 10.2. The SMILES string of the molecule is O=C(CCNC1CC(c2cccc(F)c2)C1)N1CCCC1. The molecule has 1 saturated carbocycles. The van der Waals surface area contributed by atoms with E-state index in [-0.39, 0.29) is 11.7 Å². The van der Waals surface area contributed by atoms with Gasteiger partial charge in [0.2, 0.25) is 5.91 Å². The zero-order chi connectivity index (χ0) is 14.7. The van der Waals surface area contributed by atoms with Gasteiger partial charge in [-0.15, -0.1) is 0 Å². The Morgan fingerprint density at radius 1 is 1.29 bits per heavy atom. The van der Waals surface area contributed by atoms with Crippen molar-refractivity contribution >= 4 is 5.91 Å². The van der Waals surface area contributed by atoms with Crippen molar-refractivity contribution < 1.29 is 9.18 Å². The lowest BCUT2D eigenvalue weighted by Gasteiger charge is -2.36. The number of rotatable bonds is 5. The second-order valence-electron chi connectivity index (χ2n) is 6.21. The number of likely N-dealkylation sites (tertiary alicyclic amines) is 1. The topological polar surface area (TPSA) is 32.3 Å². The number of carbonyl (C=O) groups is 1. The highest BCUT2D eigenvalue weighted by molar-refractivity contribution is 5.76. The number of nitrogens with zero attached hydrogens (tertiary/aromatic N) is 1. The molecule has 0 unspecified atom stereocenters. The Morgan fingerprint density at radius 3 is 2.76 bits per heavy atom.